The molecule has 1 aliphatic rings. The lowest BCUT2D eigenvalue weighted by atomic mass is 9.97. The van der Waals surface area contributed by atoms with Gasteiger partial charge >= 0.3 is 0 Å². The van der Waals surface area contributed by atoms with Gasteiger partial charge in [0.15, 0.2) is 0 Å². The number of rotatable bonds is 5. The molecule has 1 aromatic heterocycles. The van der Waals surface area contributed by atoms with Crippen LogP contribution in [0.2, 0.25) is 0 Å². The number of para-hydroxylation sites is 1. The van der Waals surface area contributed by atoms with Crippen molar-refractivity contribution < 1.29 is 9.18 Å². The van der Waals surface area contributed by atoms with Crippen molar-refractivity contribution in [3.63, 3.8) is 0 Å². The molecule has 27 heavy (non-hydrogen) atoms. The number of hydrogen-bond donors (Lipinski definition) is 1. The minimum atomic E-state index is -0.343. The Hall–Kier alpha value is -2.31. The van der Waals surface area contributed by atoms with Gasteiger partial charge in [-0.15, -0.1) is 11.3 Å². The van der Waals surface area contributed by atoms with Gasteiger partial charge in [0.25, 0.3) is 0 Å². The second-order valence-electron chi connectivity index (χ2n) is 6.94. The van der Waals surface area contributed by atoms with Crippen molar-refractivity contribution in [2.45, 2.75) is 25.2 Å². The summed E-state index contributed by atoms with van der Waals surface area (Å²) in [5.74, 6) is 0.0957. The summed E-state index contributed by atoms with van der Waals surface area (Å²) < 4.78 is 14.4. The summed E-state index contributed by atoms with van der Waals surface area (Å²) in [5, 5.41) is 3.99. The largest absolute Gasteiger partial charge is 0.326 e. The van der Waals surface area contributed by atoms with Crippen molar-refractivity contribution in [1.29, 1.82) is 0 Å². The van der Waals surface area contributed by atoms with Gasteiger partial charge < -0.3 is 10.2 Å². The van der Waals surface area contributed by atoms with Crippen LogP contribution in [0.4, 0.5) is 10.1 Å². The number of thiazole rings is 1. The van der Waals surface area contributed by atoms with E-state index in [1.54, 1.807) is 23.5 Å². The van der Waals surface area contributed by atoms with Crippen LogP contribution in [0.5, 0.6) is 0 Å². The summed E-state index contributed by atoms with van der Waals surface area (Å²) in [5.41, 5.74) is 1.60. The molecule has 1 saturated heterocycles. The third kappa shape index (κ3) is 4.51. The van der Waals surface area contributed by atoms with Crippen molar-refractivity contribution in [2.24, 2.45) is 0 Å². The molecule has 2 aromatic carbocycles. The summed E-state index contributed by atoms with van der Waals surface area (Å²) >= 11 is 1.80. The zero-order chi connectivity index (χ0) is 18.6. The van der Waals surface area contributed by atoms with Crippen molar-refractivity contribution in [3.8, 4) is 0 Å². The lowest BCUT2D eigenvalue weighted by molar-refractivity contribution is -0.116. The third-order valence-electron chi connectivity index (χ3n) is 5.01. The molecule has 4 nitrogen and oxygen atoms in total. The number of amides is 1. The molecule has 2 heterocycles. The number of piperidine rings is 1. The Morgan fingerprint density at radius 2 is 2.00 bits per heavy atom. The number of nitrogens with zero attached hydrogens (tertiary/aromatic N) is 2. The standard InChI is InChI=1S/C21H22FN3OS/c22-16-4-3-5-17(14-16)23-20(26)10-13-25-11-8-15(9-12-25)21-24-18-6-1-2-7-19(18)27-21/h1-7,14-15H,8-13H2,(H,23,26). The molecule has 1 N–H and O–H groups in total. The number of likely N-dealkylation sites (tertiary alicyclic amines) is 1. The van der Waals surface area contributed by atoms with Gasteiger partial charge in [0.2, 0.25) is 5.91 Å². The van der Waals surface area contributed by atoms with Crippen LogP contribution in [0.3, 0.4) is 0 Å². The van der Waals surface area contributed by atoms with Gasteiger partial charge in [-0.05, 0) is 56.3 Å². The van der Waals surface area contributed by atoms with Gasteiger partial charge in [0.05, 0.1) is 15.2 Å². The monoisotopic (exact) mass is 383 g/mol. The summed E-state index contributed by atoms with van der Waals surface area (Å²) in [4.78, 5) is 19.2. The highest BCUT2D eigenvalue weighted by atomic mass is 32.1. The minimum absolute atomic E-state index is 0.0751. The van der Waals surface area contributed by atoms with E-state index in [1.807, 2.05) is 6.07 Å². The lowest BCUT2D eigenvalue weighted by Gasteiger charge is -2.30. The smallest absolute Gasteiger partial charge is 0.225 e. The number of fused-ring (bicyclic) bond motifs is 1. The second kappa shape index (κ2) is 8.15. The van der Waals surface area contributed by atoms with E-state index in [0.29, 0.717) is 18.0 Å². The summed E-state index contributed by atoms with van der Waals surface area (Å²) in [7, 11) is 0. The molecule has 0 radical (unpaired) electrons. The summed E-state index contributed by atoms with van der Waals surface area (Å²) in [6.45, 7) is 2.69. The maximum absolute atomic E-state index is 13.2. The number of nitrogens with one attached hydrogen (secondary N) is 1. The highest BCUT2D eigenvalue weighted by Gasteiger charge is 2.23. The number of carbonyl (C=O) groups excluding carboxylic acids is 1. The highest BCUT2D eigenvalue weighted by molar-refractivity contribution is 7.18. The van der Waals surface area contributed by atoms with Crippen LogP contribution in [0.25, 0.3) is 10.2 Å². The number of carbonyl (C=O) groups is 1. The van der Waals surface area contributed by atoms with E-state index in [9.17, 15) is 9.18 Å². The lowest BCUT2D eigenvalue weighted by Crippen LogP contribution is -2.35. The Morgan fingerprint density at radius 3 is 2.78 bits per heavy atom. The molecular formula is C21H22FN3OS. The SMILES string of the molecule is O=C(CCN1CCC(c2nc3ccccc3s2)CC1)Nc1cccc(F)c1. The maximum Gasteiger partial charge on any atom is 0.225 e. The first-order chi connectivity index (χ1) is 13.2. The number of halogens is 1. The first kappa shape index (κ1) is 18.1. The molecular weight excluding hydrogens is 361 g/mol. The Morgan fingerprint density at radius 1 is 1.19 bits per heavy atom. The average Bonchev–Trinajstić information content (AvgIpc) is 3.11. The molecule has 0 unspecified atom stereocenters. The van der Waals surface area contributed by atoms with Crippen LogP contribution in [0, 0.1) is 5.82 Å². The molecule has 140 valence electrons. The molecule has 1 fully saturated rings. The normalized spacial score (nSPS) is 15.9. The molecule has 0 spiro atoms. The first-order valence-corrected chi connectivity index (χ1v) is 10.1. The Labute approximate surface area is 162 Å². The van der Waals surface area contributed by atoms with Crippen LogP contribution in [-0.2, 0) is 4.79 Å². The van der Waals surface area contributed by atoms with Crippen molar-refractivity contribution in [3.05, 3.63) is 59.4 Å². The molecule has 3 aromatic rings. The summed E-state index contributed by atoms with van der Waals surface area (Å²) in [6, 6.07) is 14.3. The number of hydrogen-bond acceptors (Lipinski definition) is 4. The Bertz CT molecular complexity index is 901. The number of benzene rings is 2. The second-order valence-corrected chi connectivity index (χ2v) is 8.01. The topological polar surface area (TPSA) is 45.2 Å². The van der Waals surface area contributed by atoms with Gasteiger partial charge in [-0.2, -0.15) is 0 Å². The fourth-order valence-corrected chi connectivity index (χ4v) is 4.65. The third-order valence-corrected chi connectivity index (χ3v) is 6.21. The van der Waals surface area contributed by atoms with Gasteiger partial charge in [-0.3, -0.25) is 4.79 Å². The molecule has 4 rings (SSSR count). The zero-order valence-corrected chi connectivity index (χ0v) is 15.8. The van der Waals surface area contributed by atoms with E-state index < -0.39 is 0 Å². The van der Waals surface area contributed by atoms with E-state index in [1.165, 1.54) is 21.8 Å². The van der Waals surface area contributed by atoms with Crippen molar-refractivity contribution in [1.82, 2.24) is 9.88 Å². The number of aromatic nitrogens is 1. The zero-order valence-electron chi connectivity index (χ0n) is 15.0. The molecule has 0 atom stereocenters. The average molecular weight is 383 g/mol. The quantitative estimate of drug-likeness (QED) is 0.698. The molecule has 0 aliphatic carbocycles. The van der Waals surface area contributed by atoms with Crippen LogP contribution in [0.1, 0.15) is 30.2 Å². The van der Waals surface area contributed by atoms with Crippen LogP contribution in [-0.4, -0.2) is 35.4 Å². The van der Waals surface area contributed by atoms with Gasteiger partial charge in [-0.25, -0.2) is 9.37 Å². The van der Waals surface area contributed by atoms with Gasteiger partial charge in [0, 0.05) is 24.6 Å². The van der Waals surface area contributed by atoms with E-state index in [2.05, 4.69) is 28.4 Å². The molecule has 1 amide bonds. The van der Waals surface area contributed by atoms with Gasteiger partial charge in [0.1, 0.15) is 5.82 Å². The predicted molar refractivity (Wildman–Crippen MR) is 108 cm³/mol. The molecule has 1 aliphatic heterocycles. The fraction of sp³-hybridized carbons (Fsp3) is 0.333. The Balaban J connectivity index is 1.25. The van der Waals surface area contributed by atoms with Crippen molar-refractivity contribution >= 4 is 33.1 Å². The minimum Gasteiger partial charge on any atom is -0.326 e. The van der Waals surface area contributed by atoms with E-state index in [4.69, 9.17) is 4.98 Å². The Kier molecular flexibility index (Phi) is 5.45. The first-order valence-electron chi connectivity index (χ1n) is 9.30. The van der Waals surface area contributed by atoms with E-state index in [0.717, 1.165) is 38.0 Å². The van der Waals surface area contributed by atoms with E-state index in [-0.39, 0.29) is 11.7 Å². The molecule has 0 bridgehead atoms. The predicted octanol–water partition coefficient (Wildman–Crippen LogP) is 4.64. The van der Waals surface area contributed by atoms with Crippen LogP contribution < -0.4 is 5.32 Å². The molecule has 0 saturated carbocycles. The van der Waals surface area contributed by atoms with Crippen molar-refractivity contribution in [2.75, 3.05) is 25.0 Å². The van der Waals surface area contributed by atoms with Crippen LogP contribution in [0.15, 0.2) is 48.5 Å². The maximum atomic E-state index is 13.2. The molecule has 6 heteroatoms. The number of anilines is 1. The highest BCUT2D eigenvalue weighted by Crippen LogP contribution is 2.33. The van der Waals surface area contributed by atoms with Crippen LogP contribution >= 0.6 is 11.3 Å². The fourth-order valence-electron chi connectivity index (χ4n) is 3.52. The van der Waals surface area contributed by atoms with Gasteiger partial charge in [-0.1, -0.05) is 18.2 Å². The summed E-state index contributed by atoms with van der Waals surface area (Å²) in [6.07, 6.45) is 2.57. The van der Waals surface area contributed by atoms with E-state index >= 15 is 0 Å².